The summed E-state index contributed by atoms with van der Waals surface area (Å²) in [5.74, 6) is 1.85. The van der Waals surface area contributed by atoms with Crippen molar-refractivity contribution < 1.29 is 0 Å². The minimum absolute atomic E-state index is 0.622. The molecule has 15 heavy (non-hydrogen) atoms. The Labute approximate surface area is 94.2 Å². The Bertz CT molecular complexity index is 374. The van der Waals surface area contributed by atoms with Crippen LogP contribution in [0.5, 0.6) is 0 Å². The van der Waals surface area contributed by atoms with Crippen molar-refractivity contribution >= 4 is 16.9 Å². The minimum atomic E-state index is 0.622. The number of amidine groups is 1. The van der Waals surface area contributed by atoms with Crippen LogP contribution in [0.2, 0.25) is 0 Å². The highest BCUT2D eigenvalue weighted by atomic mass is 32.2. The number of nitrogens with one attached hydrogen (secondary N) is 1. The maximum Gasteiger partial charge on any atom is 0.156 e. The van der Waals surface area contributed by atoms with E-state index in [4.69, 9.17) is 0 Å². The van der Waals surface area contributed by atoms with Gasteiger partial charge in [0.05, 0.1) is 6.54 Å². The van der Waals surface area contributed by atoms with Crippen molar-refractivity contribution in [1.29, 1.82) is 0 Å². The Morgan fingerprint density at radius 3 is 2.87 bits per heavy atom. The van der Waals surface area contributed by atoms with Gasteiger partial charge in [-0.1, -0.05) is 42.1 Å². The second-order valence-corrected chi connectivity index (χ2v) is 5.12. The van der Waals surface area contributed by atoms with Crippen LogP contribution in [0.3, 0.4) is 0 Å². The molecule has 0 aromatic heterocycles. The second-order valence-electron chi connectivity index (χ2n) is 4.04. The first-order valence-electron chi connectivity index (χ1n) is 5.42. The zero-order chi connectivity index (χ0) is 10.1. The van der Waals surface area contributed by atoms with E-state index >= 15 is 0 Å². The lowest BCUT2D eigenvalue weighted by Crippen LogP contribution is -2.22. The molecule has 1 heterocycles. The van der Waals surface area contributed by atoms with Gasteiger partial charge in [-0.2, -0.15) is 0 Å². The highest BCUT2D eigenvalue weighted by molar-refractivity contribution is 8.14. The van der Waals surface area contributed by atoms with Crippen LogP contribution in [-0.4, -0.2) is 23.5 Å². The molecule has 1 N–H and O–H groups in total. The van der Waals surface area contributed by atoms with E-state index < -0.39 is 0 Å². The molecule has 0 bridgehead atoms. The Morgan fingerprint density at radius 2 is 2.13 bits per heavy atom. The van der Waals surface area contributed by atoms with Crippen LogP contribution in [0.15, 0.2) is 35.3 Å². The van der Waals surface area contributed by atoms with Crippen molar-refractivity contribution in [3.05, 3.63) is 35.9 Å². The molecule has 1 aromatic rings. The fourth-order valence-corrected chi connectivity index (χ4v) is 2.80. The molecular formula is C12H14N2S. The van der Waals surface area contributed by atoms with Gasteiger partial charge in [-0.05, 0) is 12.0 Å². The van der Waals surface area contributed by atoms with Crippen LogP contribution in [0, 0.1) is 0 Å². The summed E-state index contributed by atoms with van der Waals surface area (Å²) < 4.78 is 0. The van der Waals surface area contributed by atoms with E-state index in [1.807, 2.05) is 11.8 Å². The molecule has 1 aromatic carbocycles. The number of benzene rings is 1. The highest BCUT2D eigenvalue weighted by Gasteiger charge is 2.39. The van der Waals surface area contributed by atoms with Crippen molar-refractivity contribution in [1.82, 2.24) is 5.32 Å². The van der Waals surface area contributed by atoms with Crippen molar-refractivity contribution in [3.63, 3.8) is 0 Å². The minimum Gasteiger partial charge on any atom is -0.362 e. The SMILES string of the molecule is c1ccc(C2CC2NC2=NCCS2)cc1. The van der Waals surface area contributed by atoms with E-state index in [2.05, 4.69) is 40.6 Å². The molecule has 2 aliphatic rings. The average molecular weight is 218 g/mol. The lowest BCUT2D eigenvalue weighted by atomic mass is 10.1. The van der Waals surface area contributed by atoms with Gasteiger partial charge >= 0.3 is 0 Å². The second kappa shape index (κ2) is 3.89. The van der Waals surface area contributed by atoms with Crippen molar-refractivity contribution in [3.8, 4) is 0 Å². The van der Waals surface area contributed by atoms with Crippen LogP contribution in [-0.2, 0) is 0 Å². The number of thioether (sulfide) groups is 1. The lowest BCUT2D eigenvalue weighted by Gasteiger charge is -2.04. The fourth-order valence-electron chi connectivity index (χ4n) is 2.00. The fraction of sp³-hybridized carbons (Fsp3) is 0.417. The predicted octanol–water partition coefficient (Wildman–Crippen LogP) is 2.23. The van der Waals surface area contributed by atoms with Gasteiger partial charge in [-0.3, -0.25) is 4.99 Å². The zero-order valence-corrected chi connectivity index (χ0v) is 9.33. The molecule has 0 radical (unpaired) electrons. The Morgan fingerprint density at radius 1 is 1.27 bits per heavy atom. The summed E-state index contributed by atoms with van der Waals surface area (Å²) in [4.78, 5) is 4.41. The van der Waals surface area contributed by atoms with Crippen LogP contribution in [0.4, 0.5) is 0 Å². The summed E-state index contributed by atoms with van der Waals surface area (Å²) in [6.45, 7) is 0.982. The van der Waals surface area contributed by atoms with Crippen LogP contribution in [0.25, 0.3) is 0 Å². The number of rotatable bonds is 2. The van der Waals surface area contributed by atoms with E-state index in [0.29, 0.717) is 12.0 Å². The zero-order valence-electron chi connectivity index (χ0n) is 8.52. The first kappa shape index (κ1) is 9.28. The van der Waals surface area contributed by atoms with E-state index in [0.717, 1.165) is 17.5 Å². The summed E-state index contributed by atoms with van der Waals surface area (Å²) in [6.07, 6.45) is 1.25. The molecule has 0 amide bonds. The monoisotopic (exact) mass is 218 g/mol. The number of hydrogen-bond acceptors (Lipinski definition) is 3. The number of hydrogen-bond donors (Lipinski definition) is 1. The first-order valence-corrected chi connectivity index (χ1v) is 6.41. The number of aliphatic imine (C=N–C) groups is 1. The normalized spacial score (nSPS) is 28.7. The maximum atomic E-state index is 4.41. The molecule has 0 saturated heterocycles. The van der Waals surface area contributed by atoms with Gasteiger partial charge < -0.3 is 5.32 Å². The third-order valence-corrected chi connectivity index (χ3v) is 3.82. The Kier molecular flexibility index (Phi) is 2.41. The molecule has 78 valence electrons. The van der Waals surface area contributed by atoms with Gasteiger partial charge in [0, 0.05) is 17.7 Å². The molecule has 1 fully saturated rings. The van der Waals surface area contributed by atoms with Gasteiger partial charge in [0.25, 0.3) is 0 Å². The third kappa shape index (κ3) is 2.02. The lowest BCUT2D eigenvalue weighted by molar-refractivity contribution is 0.875. The van der Waals surface area contributed by atoms with Crippen LogP contribution >= 0.6 is 11.8 Å². The smallest absolute Gasteiger partial charge is 0.156 e. The summed E-state index contributed by atoms with van der Waals surface area (Å²) in [7, 11) is 0. The third-order valence-electron chi connectivity index (χ3n) is 2.91. The predicted molar refractivity (Wildman–Crippen MR) is 65.5 cm³/mol. The average Bonchev–Trinajstić information content (AvgIpc) is 2.84. The molecule has 2 nitrogen and oxygen atoms in total. The van der Waals surface area contributed by atoms with Crippen molar-refractivity contribution in [2.24, 2.45) is 4.99 Å². The highest BCUT2D eigenvalue weighted by Crippen LogP contribution is 2.41. The molecule has 1 saturated carbocycles. The molecule has 2 atom stereocenters. The largest absolute Gasteiger partial charge is 0.362 e. The molecule has 1 aliphatic carbocycles. The first-order chi connectivity index (χ1) is 7.43. The van der Waals surface area contributed by atoms with Gasteiger partial charge in [0.1, 0.15) is 0 Å². The van der Waals surface area contributed by atoms with Crippen molar-refractivity contribution in [2.75, 3.05) is 12.3 Å². The molecular weight excluding hydrogens is 204 g/mol. The summed E-state index contributed by atoms with van der Waals surface area (Å²) >= 11 is 1.85. The van der Waals surface area contributed by atoms with E-state index in [-0.39, 0.29) is 0 Å². The standard InChI is InChI=1S/C12H14N2S/c1-2-4-9(5-3-1)10-8-11(10)14-12-13-6-7-15-12/h1-5,10-11H,6-8H2,(H,13,14). The summed E-state index contributed by atoms with van der Waals surface area (Å²) in [6, 6.07) is 11.4. The van der Waals surface area contributed by atoms with Crippen LogP contribution in [0.1, 0.15) is 17.9 Å². The van der Waals surface area contributed by atoms with E-state index in [9.17, 15) is 0 Å². The van der Waals surface area contributed by atoms with Gasteiger partial charge in [0.2, 0.25) is 0 Å². The Balaban J connectivity index is 1.60. The van der Waals surface area contributed by atoms with E-state index in [1.54, 1.807) is 0 Å². The van der Waals surface area contributed by atoms with Crippen molar-refractivity contribution in [2.45, 2.75) is 18.4 Å². The maximum absolute atomic E-state index is 4.41. The molecule has 1 aliphatic heterocycles. The summed E-state index contributed by atoms with van der Waals surface area (Å²) in [5.41, 5.74) is 1.46. The Hall–Kier alpha value is -0.960. The molecule has 2 unspecified atom stereocenters. The quantitative estimate of drug-likeness (QED) is 0.823. The van der Waals surface area contributed by atoms with Crippen LogP contribution < -0.4 is 5.32 Å². The van der Waals surface area contributed by atoms with E-state index in [1.165, 1.54) is 12.0 Å². The van der Waals surface area contributed by atoms with Gasteiger partial charge in [0.15, 0.2) is 5.17 Å². The molecule has 0 spiro atoms. The number of nitrogens with zero attached hydrogens (tertiary/aromatic N) is 1. The van der Waals surface area contributed by atoms with Gasteiger partial charge in [-0.15, -0.1) is 0 Å². The molecule has 3 heteroatoms. The topological polar surface area (TPSA) is 24.4 Å². The van der Waals surface area contributed by atoms with Gasteiger partial charge in [-0.25, -0.2) is 0 Å². The molecule has 3 rings (SSSR count). The summed E-state index contributed by atoms with van der Waals surface area (Å²) in [5, 5.41) is 4.67.